The SMILES string of the molecule is O=C(CC1CC1)N1C[C@@H]2C[C@H]1CN2c1cnccc1-c1ccccc1. The van der Waals surface area contributed by atoms with Gasteiger partial charge in [-0.05, 0) is 36.8 Å². The summed E-state index contributed by atoms with van der Waals surface area (Å²) < 4.78 is 0. The van der Waals surface area contributed by atoms with E-state index in [-0.39, 0.29) is 0 Å². The molecule has 2 atom stereocenters. The summed E-state index contributed by atoms with van der Waals surface area (Å²) in [4.78, 5) is 21.5. The maximum Gasteiger partial charge on any atom is 0.223 e. The topological polar surface area (TPSA) is 36.4 Å². The van der Waals surface area contributed by atoms with Crippen molar-refractivity contribution in [1.82, 2.24) is 9.88 Å². The van der Waals surface area contributed by atoms with Gasteiger partial charge in [-0.3, -0.25) is 9.78 Å². The summed E-state index contributed by atoms with van der Waals surface area (Å²) in [7, 11) is 0. The molecule has 4 heteroatoms. The Morgan fingerprint density at radius 1 is 1.08 bits per heavy atom. The van der Waals surface area contributed by atoms with E-state index in [4.69, 9.17) is 0 Å². The Hall–Kier alpha value is -2.36. The van der Waals surface area contributed by atoms with Gasteiger partial charge in [0.1, 0.15) is 0 Å². The minimum absolute atomic E-state index is 0.375. The molecule has 0 unspecified atom stereocenters. The largest absolute Gasteiger partial charge is 0.363 e. The standard InChI is InChI=1S/C21H23N3O/c25-21(10-15-6-7-15)24-14-17-11-18(24)13-23(17)20-12-22-9-8-19(20)16-4-2-1-3-5-16/h1-5,8-9,12,15,17-18H,6-7,10-11,13-14H2/t17-,18-/m0/s1. The summed E-state index contributed by atoms with van der Waals surface area (Å²) in [5.41, 5.74) is 3.67. The summed E-state index contributed by atoms with van der Waals surface area (Å²) in [6.45, 7) is 1.81. The number of fused-ring (bicyclic) bond motifs is 2. The molecule has 2 bridgehead atoms. The molecule has 0 radical (unpaired) electrons. The molecule has 1 amide bonds. The first kappa shape index (κ1) is 14.9. The minimum atomic E-state index is 0.375. The number of anilines is 1. The zero-order chi connectivity index (χ0) is 16.8. The quantitative estimate of drug-likeness (QED) is 0.861. The molecule has 1 saturated carbocycles. The van der Waals surface area contributed by atoms with E-state index in [1.165, 1.54) is 29.7 Å². The van der Waals surface area contributed by atoms with E-state index >= 15 is 0 Å². The Morgan fingerprint density at radius 3 is 2.64 bits per heavy atom. The van der Waals surface area contributed by atoms with Crippen molar-refractivity contribution in [1.29, 1.82) is 0 Å². The van der Waals surface area contributed by atoms with E-state index in [1.807, 2.05) is 18.5 Å². The molecule has 25 heavy (non-hydrogen) atoms. The number of amides is 1. The Bertz CT molecular complexity index is 787. The number of carbonyl (C=O) groups excluding carboxylic acids is 1. The average molecular weight is 333 g/mol. The zero-order valence-electron chi connectivity index (χ0n) is 14.3. The molecule has 0 N–H and O–H groups in total. The highest BCUT2D eigenvalue weighted by Gasteiger charge is 2.46. The molecule has 128 valence electrons. The Kier molecular flexibility index (Phi) is 3.51. The lowest BCUT2D eigenvalue weighted by Crippen LogP contribution is -2.49. The highest BCUT2D eigenvalue weighted by molar-refractivity contribution is 5.81. The number of benzene rings is 1. The van der Waals surface area contributed by atoms with Gasteiger partial charge in [0, 0.05) is 37.3 Å². The first-order valence-electron chi connectivity index (χ1n) is 9.35. The van der Waals surface area contributed by atoms with Crippen molar-refractivity contribution in [3.05, 3.63) is 48.8 Å². The smallest absolute Gasteiger partial charge is 0.223 e. The molecule has 5 rings (SSSR count). The highest BCUT2D eigenvalue weighted by atomic mass is 16.2. The maximum atomic E-state index is 12.5. The van der Waals surface area contributed by atoms with Gasteiger partial charge < -0.3 is 9.80 Å². The van der Waals surface area contributed by atoms with Crippen molar-refractivity contribution in [2.24, 2.45) is 5.92 Å². The fourth-order valence-corrected chi connectivity index (χ4v) is 4.43. The fraction of sp³-hybridized carbons (Fsp3) is 0.429. The average Bonchev–Trinajstić information content (AvgIpc) is 3.24. The summed E-state index contributed by atoms with van der Waals surface area (Å²) in [5, 5.41) is 0. The second-order valence-corrected chi connectivity index (χ2v) is 7.65. The lowest BCUT2D eigenvalue weighted by Gasteiger charge is -2.36. The van der Waals surface area contributed by atoms with Crippen molar-refractivity contribution in [3.8, 4) is 11.1 Å². The fourth-order valence-electron chi connectivity index (χ4n) is 4.43. The molecule has 1 aromatic carbocycles. The van der Waals surface area contributed by atoms with Crippen molar-refractivity contribution < 1.29 is 4.79 Å². The second-order valence-electron chi connectivity index (χ2n) is 7.65. The molecule has 0 spiro atoms. The molecule has 4 nitrogen and oxygen atoms in total. The summed E-state index contributed by atoms with van der Waals surface area (Å²) >= 11 is 0. The van der Waals surface area contributed by atoms with Crippen LogP contribution in [-0.4, -0.2) is 41.0 Å². The van der Waals surface area contributed by atoms with E-state index in [9.17, 15) is 4.79 Å². The Labute approximate surface area is 148 Å². The molecule has 1 aromatic heterocycles. The van der Waals surface area contributed by atoms with Crippen LogP contribution < -0.4 is 4.90 Å². The molecule has 3 fully saturated rings. The zero-order valence-corrected chi connectivity index (χ0v) is 14.3. The van der Waals surface area contributed by atoms with Gasteiger partial charge in [-0.15, -0.1) is 0 Å². The molecule has 3 aliphatic rings. The van der Waals surface area contributed by atoms with Gasteiger partial charge in [0.15, 0.2) is 0 Å². The van der Waals surface area contributed by atoms with Crippen molar-refractivity contribution in [3.63, 3.8) is 0 Å². The van der Waals surface area contributed by atoms with E-state index < -0.39 is 0 Å². The molecule has 3 heterocycles. The van der Waals surface area contributed by atoms with Crippen LogP contribution in [-0.2, 0) is 4.79 Å². The number of aromatic nitrogens is 1. The van der Waals surface area contributed by atoms with Crippen LogP contribution in [0.15, 0.2) is 48.8 Å². The molecular weight excluding hydrogens is 310 g/mol. The van der Waals surface area contributed by atoms with Crippen LogP contribution in [0.25, 0.3) is 11.1 Å². The lowest BCUT2D eigenvalue weighted by molar-refractivity contribution is -0.132. The number of pyridine rings is 1. The first-order valence-corrected chi connectivity index (χ1v) is 9.35. The third kappa shape index (κ3) is 2.70. The van der Waals surface area contributed by atoms with Gasteiger partial charge in [0.05, 0.1) is 17.9 Å². The highest BCUT2D eigenvalue weighted by Crippen LogP contribution is 2.40. The summed E-state index contributed by atoms with van der Waals surface area (Å²) in [5.74, 6) is 1.05. The molecular formula is C21H23N3O. The predicted octanol–water partition coefficient (Wildman–Crippen LogP) is 3.34. The molecule has 2 aromatic rings. The Balaban J connectivity index is 1.38. The van der Waals surface area contributed by atoms with Crippen LogP contribution in [0.4, 0.5) is 5.69 Å². The number of likely N-dealkylation sites (tertiary alicyclic amines) is 1. The van der Waals surface area contributed by atoms with Gasteiger partial charge in [-0.2, -0.15) is 0 Å². The lowest BCUT2D eigenvalue weighted by atomic mass is 10.0. The second kappa shape index (κ2) is 5.87. The Morgan fingerprint density at radius 2 is 1.92 bits per heavy atom. The number of hydrogen-bond acceptors (Lipinski definition) is 3. The maximum absolute atomic E-state index is 12.5. The number of rotatable bonds is 4. The van der Waals surface area contributed by atoms with E-state index in [0.717, 1.165) is 25.9 Å². The number of hydrogen-bond donors (Lipinski definition) is 0. The molecule has 2 aliphatic heterocycles. The normalized spacial score (nSPS) is 24.8. The van der Waals surface area contributed by atoms with Gasteiger partial charge in [0.2, 0.25) is 5.91 Å². The number of nitrogens with zero attached hydrogens (tertiary/aromatic N) is 3. The van der Waals surface area contributed by atoms with Crippen LogP contribution in [0.1, 0.15) is 25.7 Å². The van der Waals surface area contributed by atoms with Gasteiger partial charge >= 0.3 is 0 Å². The molecule has 1 aliphatic carbocycles. The summed E-state index contributed by atoms with van der Waals surface area (Å²) in [6, 6.07) is 13.4. The van der Waals surface area contributed by atoms with Crippen LogP contribution in [0.3, 0.4) is 0 Å². The van der Waals surface area contributed by atoms with Crippen molar-refractivity contribution in [2.45, 2.75) is 37.8 Å². The number of piperazine rings is 1. The summed E-state index contributed by atoms with van der Waals surface area (Å²) in [6.07, 6.45) is 8.21. The minimum Gasteiger partial charge on any atom is -0.363 e. The van der Waals surface area contributed by atoms with Crippen molar-refractivity contribution >= 4 is 11.6 Å². The monoisotopic (exact) mass is 333 g/mol. The van der Waals surface area contributed by atoms with E-state index in [0.29, 0.717) is 23.9 Å². The predicted molar refractivity (Wildman–Crippen MR) is 98.3 cm³/mol. The van der Waals surface area contributed by atoms with E-state index in [2.05, 4.69) is 45.1 Å². The van der Waals surface area contributed by atoms with Crippen LogP contribution in [0.2, 0.25) is 0 Å². The first-order chi connectivity index (χ1) is 12.3. The van der Waals surface area contributed by atoms with Gasteiger partial charge in [-0.25, -0.2) is 0 Å². The van der Waals surface area contributed by atoms with Crippen LogP contribution in [0.5, 0.6) is 0 Å². The molecule has 2 saturated heterocycles. The van der Waals surface area contributed by atoms with Crippen LogP contribution >= 0.6 is 0 Å². The third-order valence-corrected chi connectivity index (χ3v) is 5.92. The van der Waals surface area contributed by atoms with Crippen LogP contribution in [0, 0.1) is 5.92 Å². The third-order valence-electron chi connectivity index (χ3n) is 5.92. The van der Waals surface area contributed by atoms with E-state index in [1.54, 1.807) is 0 Å². The van der Waals surface area contributed by atoms with Gasteiger partial charge in [-0.1, -0.05) is 30.3 Å². The van der Waals surface area contributed by atoms with Gasteiger partial charge in [0.25, 0.3) is 0 Å². The number of carbonyl (C=O) groups is 1. The van der Waals surface area contributed by atoms with Crippen molar-refractivity contribution in [2.75, 3.05) is 18.0 Å².